The molecule has 0 saturated carbocycles. The highest BCUT2D eigenvalue weighted by molar-refractivity contribution is 5.46. The summed E-state index contributed by atoms with van der Waals surface area (Å²) in [6.07, 6.45) is 0. The molecule has 0 unspecified atom stereocenters. The highest BCUT2D eigenvalue weighted by Crippen LogP contribution is 2.32. The Morgan fingerprint density at radius 1 is 1.08 bits per heavy atom. The van der Waals surface area contributed by atoms with E-state index in [1.165, 1.54) is 0 Å². The molecule has 0 N–H and O–H groups in total. The smallest absolute Gasteiger partial charge is 0.164 e. The van der Waals surface area contributed by atoms with E-state index in [4.69, 9.17) is 9.47 Å². The van der Waals surface area contributed by atoms with Gasteiger partial charge in [-0.2, -0.15) is 0 Å². The van der Waals surface area contributed by atoms with E-state index < -0.39 is 0 Å². The second-order valence-electron chi connectivity index (χ2n) is 2.60. The number of hydrogen-bond acceptors (Lipinski definition) is 2. The van der Waals surface area contributed by atoms with Crippen molar-refractivity contribution in [1.82, 2.24) is 0 Å². The molecule has 0 saturated heterocycles. The van der Waals surface area contributed by atoms with Crippen LogP contribution in [0.1, 0.15) is 19.4 Å². The van der Waals surface area contributed by atoms with E-state index in [1.54, 1.807) is 0 Å². The molecule has 72 valence electrons. The minimum atomic E-state index is 0.663. The number of aryl methyl sites for hydroxylation is 1. The Hall–Kier alpha value is -1.18. The second-order valence-corrected chi connectivity index (χ2v) is 2.60. The van der Waals surface area contributed by atoms with Crippen molar-refractivity contribution in [2.45, 2.75) is 20.8 Å². The van der Waals surface area contributed by atoms with Gasteiger partial charge in [-0.05, 0) is 18.6 Å². The average Bonchev–Trinajstić information content (AvgIpc) is 2.22. The number of benzene rings is 1. The molecule has 1 aliphatic heterocycles. The molecular weight excluding hydrogens is 164 g/mol. The van der Waals surface area contributed by atoms with Gasteiger partial charge in [-0.15, -0.1) is 0 Å². The molecule has 0 bridgehead atoms. The van der Waals surface area contributed by atoms with E-state index in [-0.39, 0.29) is 0 Å². The quantitative estimate of drug-likeness (QED) is 0.611. The molecule has 2 heteroatoms. The SMILES string of the molecule is CC.Cc1cccc2c1OCCO2. The molecule has 1 aliphatic rings. The van der Waals surface area contributed by atoms with Crippen LogP contribution in [0.3, 0.4) is 0 Å². The summed E-state index contributed by atoms with van der Waals surface area (Å²) >= 11 is 0. The van der Waals surface area contributed by atoms with Crippen LogP contribution in [0.4, 0.5) is 0 Å². The first-order chi connectivity index (χ1) is 6.38. The highest BCUT2D eigenvalue weighted by atomic mass is 16.6. The molecule has 0 atom stereocenters. The minimum absolute atomic E-state index is 0.663. The van der Waals surface area contributed by atoms with Crippen LogP contribution in [0.2, 0.25) is 0 Å². The Kier molecular flexibility index (Phi) is 3.62. The van der Waals surface area contributed by atoms with Gasteiger partial charge in [0.15, 0.2) is 11.5 Å². The second kappa shape index (κ2) is 4.75. The van der Waals surface area contributed by atoms with Gasteiger partial charge in [-0.25, -0.2) is 0 Å². The summed E-state index contributed by atoms with van der Waals surface area (Å²) in [5.41, 5.74) is 1.14. The van der Waals surface area contributed by atoms with E-state index in [2.05, 4.69) is 0 Å². The van der Waals surface area contributed by atoms with Gasteiger partial charge in [0.2, 0.25) is 0 Å². The molecule has 0 aliphatic carbocycles. The van der Waals surface area contributed by atoms with E-state index in [1.807, 2.05) is 39.0 Å². The Balaban J connectivity index is 0.000000396. The Labute approximate surface area is 79.5 Å². The van der Waals surface area contributed by atoms with Crippen LogP contribution in [0.25, 0.3) is 0 Å². The van der Waals surface area contributed by atoms with Gasteiger partial charge in [0, 0.05) is 0 Å². The Bertz CT molecular complexity index is 269. The molecular formula is C11H16O2. The molecule has 2 rings (SSSR count). The highest BCUT2D eigenvalue weighted by Gasteiger charge is 2.11. The molecule has 0 aromatic heterocycles. The van der Waals surface area contributed by atoms with Crippen LogP contribution in [0, 0.1) is 6.92 Å². The summed E-state index contributed by atoms with van der Waals surface area (Å²) in [6, 6.07) is 5.93. The molecule has 0 fully saturated rings. The lowest BCUT2D eigenvalue weighted by molar-refractivity contribution is 0.170. The standard InChI is InChI=1S/C9H10O2.C2H6/c1-7-3-2-4-8-9(7)11-6-5-10-8;1-2/h2-4H,5-6H2,1H3;1-2H3. The molecule has 13 heavy (non-hydrogen) atoms. The molecule has 0 spiro atoms. The third kappa shape index (κ3) is 2.14. The van der Waals surface area contributed by atoms with Crippen molar-refractivity contribution in [3.8, 4) is 11.5 Å². The van der Waals surface area contributed by atoms with Crippen LogP contribution in [0.15, 0.2) is 18.2 Å². The Morgan fingerprint density at radius 3 is 2.46 bits per heavy atom. The first kappa shape index (κ1) is 9.90. The van der Waals surface area contributed by atoms with Crippen LogP contribution >= 0.6 is 0 Å². The van der Waals surface area contributed by atoms with Gasteiger partial charge in [-0.3, -0.25) is 0 Å². The first-order valence-corrected chi connectivity index (χ1v) is 4.73. The fraction of sp³-hybridized carbons (Fsp3) is 0.455. The lowest BCUT2D eigenvalue weighted by Gasteiger charge is -2.19. The molecule has 1 heterocycles. The summed E-state index contributed by atoms with van der Waals surface area (Å²) in [5, 5.41) is 0. The number of fused-ring (bicyclic) bond motifs is 1. The molecule has 0 amide bonds. The Morgan fingerprint density at radius 2 is 1.77 bits per heavy atom. The van der Waals surface area contributed by atoms with Gasteiger partial charge in [0.1, 0.15) is 13.2 Å². The summed E-state index contributed by atoms with van der Waals surface area (Å²) in [7, 11) is 0. The third-order valence-corrected chi connectivity index (χ3v) is 1.76. The number of hydrogen-bond donors (Lipinski definition) is 0. The topological polar surface area (TPSA) is 18.5 Å². The maximum Gasteiger partial charge on any atom is 0.164 e. The zero-order valence-electron chi connectivity index (χ0n) is 8.46. The zero-order valence-corrected chi connectivity index (χ0v) is 8.46. The van der Waals surface area contributed by atoms with Gasteiger partial charge < -0.3 is 9.47 Å². The van der Waals surface area contributed by atoms with E-state index >= 15 is 0 Å². The fourth-order valence-corrected chi connectivity index (χ4v) is 1.22. The summed E-state index contributed by atoms with van der Waals surface area (Å²) in [4.78, 5) is 0. The minimum Gasteiger partial charge on any atom is -0.486 e. The maximum absolute atomic E-state index is 5.43. The van der Waals surface area contributed by atoms with Gasteiger partial charge >= 0.3 is 0 Å². The van der Waals surface area contributed by atoms with Crippen LogP contribution in [-0.4, -0.2) is 13.2 Å². The van der Waals surface area contributed by atoms with Crippen molar-refractivity contribution in [2.24, 2.45) is 0 Å². The predicted octanol–water partition coefficient (Wildman–Crippen LogP) is 2.79. The molecule has 0 radical (unpaired) electrons. The van der Waals surface area contributed by atoms with Crippen molar-refractivity contribution in [2.75, 3.05) is 13.2 Å². The van der Waals surface area contributed by atoms with Crippen LogP contribution in [-0.2, 0) is 0 Å². The van der Waals surface area contributed by atoms with E-state index in [0.29, 0.717) is 13.2 Å². The lowest BCUT2D eigenvalue weighted by Crippen LogP contribution is -2.15. The lowest BCUT2D eigenvalue weighted by atomic mass is 10.2. The molecule has 1 aromatic rings. The van der Waals surface area contributed by atoms with Crippen molar-refractivity contribution < 1.29 is 9.47 Å². The average molecular weight is 180 g/mol. The van der Waals surface area contributed by atoms with E-state index in [0.717, 1.165) is 17.1 Å². The largest absolute Gasteiger partial charge is 0.486 e. The predicted molar refractivity (Wildman–Crippen MR) is 53.5 cm³/mol. The van der Waals surface area contributed by atoms with Crippen molar-refractivity contribution in [3.05, 3.63) is 23.8 Å². The number of para-hydroxylation sites is 1. The van der Waals surface area contributed by atoms with Gasteiger partial charge in [0.25, 0.3) is 0 Å². The number of ether oxygens (including phenoxy) is 2. The monoisotopic (exact) mass is 180 g/mol. The van der Waals surface area contributed by atoms with Gasteiger partial charge in [0.05, 0.1) is 0 Å². The normalized spacial score (nSPS) is 12.8. The summed E-state index contributed by atoms with van der Waals surface area (Å²) < 4.78 is 10.8. The molecule has 1 aromatic carbocycles. The first-order valence-electron chi connectivity index (χ1n) is 4.73. The third-order valence-electron chi connectivity index (χ3n) is 1.76. The fourth-order valence-electron chi connectivity index (χ4n) is 1.22. The van der Waals surface area contributed by atoms with Crippen molar-refractivity contribution >= 4 is 0 Å². The van der Waals surface area contributed by atoms with Crippen molar-refractivity contribution in [1.29, 1.82) is 0 Å². The summed E-state index contributed by atoms with van der Waals surface area (Å²) in [5.74, 6) is 1.77. The maximum atomic E-state index is 5.43. The van der Waals surface area contributed by atoms with Gasteiger partial charge in [-0.1, -0.05) is 26.0 Å². The van der Waals surface area contributed by atoms with E-state index in [9.17, 15) is 0 Å². The van der Waals surface area contributed by atoms with Crippen LogP contribution in [0.5, 0.6) is 11.5 Å². The van der Waals surface area contributed by atoms with Crippen LogP contribution < -0.4 is 9.47 Å². The van der Waals surface area contributed by atoms with Crippen molar-refractivity contribution in [3.63, 3.8) is 0 Å². The molecule has 2 nitrogen and oxygen atoms in total. The summed E-state index contributed by atoms with van der Waals surface area (Å²) in [6.45, 7) is 7.35. The zero-order chi connectivity index (χ0) is 9.68. The number of rotatable bonds is 0.